The molecule has 0 aromatic rings. The smallest absolute Gasteiger partial charge is 0.0838 e. The lowest BCUT2D eigenvalue weighted by atomic mass is 9.96. The van der Waals surface area contributed by atoms with Crippen molar-refractivity contribution < 1.29 is 9.84 Å². The van der Waals surface area contributed by atoms with E-state index in [1.807, 2.05) is 0 Å². The second-order valence-electron chi connectivity index (χ2n) is 3.72. The second kappa shape index (κ2) is 6.17. The van der Waals surface area contributed by atoms with Gasteiger partial charge in [-0.2, -0.15) is 0 Å². The quantitative estimate of drug-likeness (QED) is 0.682. The van der Waals surface area contributed by atoms with Gasteiger partial charge in [-0.3, -0.25) is 0 Å². The molecule has 1 saturated carbocycles. The highest BCUT2D eigenvalue weighted by Crippen LogP contribution is 2.19. The van der Waals surface area contributed by atoms with Gasteiger partial charge in [0.2, 0.25) is 0 Å². The first-order chi connectivity index (χ1) is 6.34. The third-order valence-corrected chi connectivity index (χ3v) is 2.60. The molecule has 0 aromatic carbocycles. The molecule has 0 aliphatic heterocycles. The summed E-state index contributed by atoms with van der Waals surface area (Å²) in [6.07, 6.45) is 8.25. The molecule has 0 saturated heterocycles. The molecule has 2 heteroatoms. The van der Waals surface area contributed by atoms with Gasteiger partial charge in [-0.15, -0.1) is 6.58 Å². The van der Waals surface area contributed by atoms with Crippen LogP contribution in [0.25, 0.3) is 0 Å². The van der Waals surface area contributed by atoms with Crippen LogP contribution in [-0.2, 0) is 4.74 Å². The molecule has 2 nitrogen and oxygen atoms in total. The molecule has 0 unspecified atom stereocenters. The lowest BCUT2D eigenvalue weighted by Crippen LogP contribution is -2.30. The zero-order valence-corrected chi connectivity index (χ0v) is 8.24. The molecule has 0 spiro atoms. The Morgan fingerprint density at radius 3 is 2.62 bits per heavy atom. The van der Waals surface area contributed by atoms with Gasteiger partial charge >= 0.3 is 0 Å². The van der Waals surface area contributed by atoms with Gasteiger partial charge in [0.15, 0.2) is 0 Å². The monoisotopic (exact) mass is 184 g/mol. The Kier molecular flexibility index (Phi) is 5.09. The van der Waals surface area contributed by atoms with Gasteiger partial charge in [0.1, 0.15) is 0 Å². The number of aliphatic hydroxyl groups excluding tert-OH is 1. The Balaban J connectivity index is 2.32. The molecule has 1 N–H and O–H groups in total. The molecular formula is C11H20O2. The lowest BCUT2D eigenvalue weighted by molar-refractivity contribution is -0.0391. The van der Waals surface area contributed by atoms with Crippen LogP contribution in [0.4, 0.5) is 0 Å². The number of hydrogen-bond donors (Lipinski definition) is 1. The van der Waals surface area contributed by atoms with Crippen LogP contribution >= 0.6 is 0 Å². The van der Waals surface area contributed by atoms with Crippen LogP contribution in [0, 0.1) is 0 Å². The largest absolute Gasteiger partial charge is 0.390 e. The highest BCUT2D eigenvalue weighted by Gasteiger charge is 2.20. The number of rotatable bonds is 3. The first-order valence-electron chi connectivity index (χ1n) is 5.25. The van der Waals surface area contributed by atoms with Crippen LogP contribution in [0.15, 0.2) is 12.7 Å². The lowest BCUT2D eigenvalue weighted by Gasteiger charge is -2.24. The van der Waals surface area contributed by atoms with Gasteiger partial charge in [-0.25, -0.2) is 0 Å². The fourth-order valence-electron chi connectivity index (χ4n) is 1.82. The summed E-state index contributed by atoms with van der Waals surface area (Å²) < 4.78 is 5.51. The minimum atomic E-state index is -0.264. The predicted molar refractivity (Wildman–Crippen MR) is 53.6 cm³/mol. The summed E-state index contributed by atoms with van der Waals surface area (Å²) >= 11 is 0. The first kappa shape index (κ1) is 10.7. The molecule has 1 aliphatic carbocycles. The Bertz CT molecular complexity index is 145. The molecule has 0 radical (unpaired) electrons. The van der Waals surface area contributed by atoms with Gasteiger partial charge < -0.3 is 9.84 Å². The second-order valence-corrected chi connectivity index (χ2v) is 3.72. The summed E-state index contributed by atoms with van der Waals surface area (Å²) in [6, 6.07) is 0. The summed E-state index contributed by atoms with van der Waals surface area (Å²) in [7, 11) is 0. The molecular weight excluding hydrogens is 164 g/mol. The highest BCUT2D eigenvalue weighted by molar-refractivity contribution is 4.74. The fraction of sp³-hybridized carbons (Fsp3) is 0.818. The maximum atomic E-state index is 9.74. The molecule has 13 heavy (non-hydrogen) atoms. The first-order valence-corrected chi connectivity index (χ1v) is 5.25. The molecule has 1 aliphatic rings. The molecule has 0 heterocycles. The average molecular weight is 184 g/mol. The van der Waals surface area contributed by atoms with Gasteiger partial charge in [-0.1, -0.05) is 31.8 Å². The van der Waals surface area contributed by atoms with E-state index in [1.54, 1.807) is 6.08 Å². The minimum Gasteiger partial charge on any atom is -0.390 e. The van der Waals surface area contributed by atoms with E-state index in [4.69, 9.17) is 4.74 Å². The van der Waals surface area contributed by atoms with Crippen molar-refractivity contribution in [2.24, 2.45) is 0 Å². The van der Waals surface area contributed by atoms with Crippen molar-refractivity contribution >= 4 is 0 Å². The van der Waals surface area contributed by atoms with Gasteiger partial charge in [-0.05, 0) is 12.8 Å². The summed E-state index contributed by atoms with van der Waals surface area (Å²) in [6.45, 7) is 4.16. The summed E-state index contributed by atoms with van der Waals surface area (Å²) in [5.74, 6) is 0. The van der Waals surface area contributed by atoms with E-state index < -0.39 is 0 Å². The number of aliphatic hydroxyl groups is 1. The zero-order valence-electron chi connectivity index (χ0n) is 8.24. The van der Waals surface area contributed by atoms with Crippen LogP contribution in [0.1, 0.15) is 38.5 Å². The molecule has 0 amide bonds. The van der Waals surface area contributed by atoms with Crippen molar-refractivity contribution in [2.45, 2.75) is 50.7 Å². The summed E-state index contributed by atoms with van der Waals surface area (Å²) in [5.41, 5.74) is 0. The third kappa shape index (κ3) is 3.92. The zero-order chi connectivity index (χ0) is 9.52. The van der Waals surface area contributed by atoms with Crippen molar-refractivity contribution in [3.05, 3.63) is 12.7 Å². The van der Waals surface area contributed by atoms with E-state index in [1.165, 1.54) is 19.3 Å². The fourth-order valence-corrected chi connectivity index (χ4v) is 1.82. The molecule has 1 rings (SSSR count). The maximum Gasteiger partial charge on any atom is 0.0838 e. The number of hydrogen-bond acceptors (Lipinski definition) is 2. The topological polar surface area (TPSA) is 29.5 Å². The van der Waals surface area contributed by atoms with Crippen LogP contribution in [-0.4, -0.2) is 23.9 Å². The molecule has 2 atom stereocenters. The van der Waals surface area contributed by atoms with E-state index in [9.17, 15) is 5.11 Å². The van der Waals surface area contributed by atoms with E-state index in [0.717, 1.165) is 19.3 Å². The van der Waals surface area contributed by atoms with Crippen molar-refractivity contribution in [3.63, 3.8) is 0 Å². The standard InChI is InChI=1S/C11H20O2/c1-2-9-13-11-8-6-4-3-5-7-10(11)12/h2,10-12H,1,3-9H2/t10-,11+/m1/s1. The number of ether oxygens (including phenoxy) is 1. The molecule has 76 valence electrons. The Morgan fingerprint density at radius 2 is 1.92 bits per heavy atom. The normalized spacial score (nSPS) is 30.5. The van der Waals surface area contributed by atoms with Crippen LogP contribution < -0.4 is 0 Å². The van der Waals surface area contributed by atoms with Gasteiger partial charge in [0.05, 0.1) is 18.8 Å². The van der Waals surface area contributed by atoms with E-state index in [2.05, 4.69) is 6.58 Å². The van der Waals surface area contributed by atoms with Gasteiger partial charge in [0, 0.05) is 0 Å². The van der Waals surface area contributed by atoms with Crippen LogP contribution in [0.3, 0.4) is 0 Å². The Labute approximate surface area is 80.6 Å². The van der Waals surface area contributed by atoms with Crippen LogP contribution in [0.2, 0.25) is 0 Å². The van der Waals surface area contributed by atoms with Crippen molar-refractivity contribution in [3.8, 4) is 0 Å². The van der Waals surface area contributed by atoms with E-state index >= 15 is 0 Å². The summed E-state index contributed by atoms with van der Waals surface area (Å²) in [4.78, 5) is 0. The minimum absolute atomic E-state index is 0.0401. The van der Waals surface area contributed by atoms with E-state index in [-0.39, 0.29) is 12.2 Å². The Morgan fingerprint density at radius 1 is 1.23 bits per heavy atom. The van der Waals surface area contributed by atoms with Crippen molar-refractivity contribution in [2.75, 3.05) is 6.61 Å². The molecule has 0 bridgehead atoms. The van der Waals surface area contributed by atoms with Gasteiger partial charge in [0.25, 0.3) is 0 Å². The molecule has 1 fully saturated rings. The summed E-state index contributed by atoms with van der Waals surface area (Å²) in [5, 5.41) is 9.74. The SMILES string of the molecule is C=CCO[C@H]1CCCCCC[C@H]1O. The van der Waals surface area contributed by atoms with Crippen molar-refractivity contribution in [1.82, 2.24) is 0 Å². The Hall–Kier alpha value is -0.340. The van der Waals surface area contributed by atoms with Crippen molar-refractivity contribution in [1.29, 1.82) is 0 Å². The van der Waals surface area contributed by atoms with Crippen LogP contribution in [0.5, 0.6) is 0 Å². The molecule has 0 aromatic heterocycles. The average Bonchev–Trinajstić information content (AvgIpc) is 2.11. The maximum absolute atomic E-state index is 9.74. The highest BCUT2D eigenvalue weighted by atomic mass is 16.5. The van der Waals surface area contributed by atoms with E-state index in [0.29, 0.717) is 6.61 Å². The predicted octanol–water partition coefficient (Wildman–Crippen LogP) is 2.27. The third-order valence-electron chi connectivity index (χ3n) is 2.60.